The van der Waals surface area contributed by atoms with Crippen LogP contribution in [0.4, 0.5) is 4.79 Å². The van der Waals surface area contributed by atoms with Crippen LogP contribution in [0.5, 0.6) is 0 Å². The summed E-state index contributed by atoms with van der Waals surface area (Å²) in [6, 6.07) is 25.6. The highest BCUT2D eigenvalue weighted by Crippen LogP contribution is 2.18. The minimum absolute atomic E-state index is 0.0150. The van der Waals surface area contributed by atoms with Crippen molar-refractivity contribution in [1.82, 2.24) is 14.9 Å². The predicted octanol–water partition coefficient (Wildman–Crippen LogP) is 3.81. The quantitative estimate of drug-likeness (QED) is 0.515. The fourth-order valence-electron chi connectivity index (χ4n) is 3.34. The van der Waals surface area contributed by atoms with Crippen LogP contribution in [0.25, 0.3) is 11.0 Å². The number of benzene rings is 3. The molecule has 30 heavy (non-hydrogen) atoms. The second-order valence-corrected chi connectivity index (χ2v) is 8.72. The van der Waals surface area contributed by atoms with Gasteiger partial charge in [0.1, 0.15) is 5.82 Å². The van der Waals surface area contributed by atoms with Crippen molar-refractivity contribution in [2.75, 3.05) is 6.54 Å². The molecule has 0 aliphatic heterocycles. The average molecular weight is 420 g/mol. The normalized spacial score (nSPS) is 11.5. The molecule has 4 aromatic rings. The first kappa shape index (κ1) is 19.8. The third-order valence-electron chi connectivity index (χ3n) is 4.83. The maximum absolute atomic E-state index is 12.4. The van der Waals surface area contributed by atoms with E-state index < -0.39 is 15.1 Å². The maximum atomic E-state index is 12.4. The number of fused-ring (bicyclic) bond motifs is 1. The zero-order chi connectivity index (χ0) is 21.0. The lowest BCUT2D eigenvalue weighted by Gasteiger charge is -2.10. The van der Waals surface area contributed by atoms with Gasteiger partial charge in [-0.05, 0) is 29.8 Å². The highest BCUT2D eigenvalue weighted by Gasteiger charge is 2.24. The number of aromatic nitrogens is 2. The SMILES string of the molecule is O=C(NCCc1nc2ccccc2n1Cc1ccccc1)S(=O)(=O)c1ccccc1. The zero-order valence-corrected chi connectivity index (χ0v) is 17.0. The largest absolute Gasteiger partial charge is 0.342 e. The van der Waals surface area contributed by atoms with Crippen LogP contribution >= 0.6 is 0 Å². The van der Waals surface area contributed by atoms with Gasteiger partial charge in [0.05, 0.1) is 15.9 Å². The molecule has 1 N–H and O–H groups in total. The first-order chi connectivity index (χ1) is 14.6. The van der Waals surface area contributed by atoms with E-state index in [0.29, 0.717) is 13.0 Å². The van der Waals surface area contributed by atoms with Crippen LogP contribution in [0, 0.1) is 0 Å². The molecule has 152 valence electrons. The Labute approximate surface area is 175 Å². The number of rotatable bonds is 6. The van der Waals surface area contributed by atoms with Crippen LogP contribution < -0.4 is 5.32 Å². The van der Waals surface area contributed by atoms with Gasteiger partial charge < -0.3 is 9.88 Å². The first-order valence-corrected chi connectivity index (χ1v) is 11.1. The van der Waals surface area contributed by atoms with Crippen molar-refractivity contribution in [2.45, 2.75) is 17.9 Å². The molecule has 1 amide bonds. The van der Waals surface area contributed by atoms with Gasteiger partial charge in [0.25, 0.3) is 9.84 Å². The molecule has 0 radical (unpaired) electrons. The van der Waals surface area contributed by atoms with Gasteiger partial charge in [-0.1, -0.05) is 60.7 Å². The van der Waals surface area contributed by atoms with E-state index in [-0.39, 0.29) is 11.4 Å². The Morgan fingerprint density at radius 1 is 0.867 bits per heavy atom. The van der Waals surface area contributed by atoms with E-state index in [1.165, 1.54) is 12.1 Å². The van der Waals surface area contributed by atoms with Crippen molar-refractivity contribution in [1.29, 1.82) is 0 Å². The standard InChI is InChI=1S/C23H21N3O3S/c27-23(30(28,29)19-11-5-2-6-12-19)24-16-15-22-25-20-13-7-8-14-21(20)26(22)17-18-9-3-1-4-10-18/h1-14H,15-17H2,(H,24,27). The van der Waals surface area contributed by atoms with Gasteiger partial charge >= 0.3 is 5.24 Å². The number of carbonyl (C=O) groups excluding carboxylic acids is 1. The Morgan fingerprint density at radius 3 is 2.23 bits per heavy atom. The minimum Gasteiger partial charge on any atom is -0.342 e. The summed E-state index contributed by atoms with van der Waals surface area (Å²) in [5, 5.41) is 1.52. The third-order valence-corrected chi connectivity index (χ3v) is 6.36. The van der Waals surface area contributed by atoms with Crippen LogP contribution in [0.1, 0.15) is 11.4 Å². The van der Waals surface area contributed by atoms with Crippen LogP contribution in [-0.4, -0.2) is 29.8 Å². The smallest absolute Gasteiger partial charge is 0.341 e. The number of hydrogen-bond donors (Lipinski definition) is 1. The number of nitrogens with zero attached hydrogens (tertiary/aromatic N) is 2. The summed E-state index contributed by atoms with van der Waals surface area (Å²) in [6.07, 6.45) is 0.414. The van der Waals surface area contributed by atoms with Crippen LogP contribution in [0.2, 0.25) is 0 Å². The molecule has 0 bridgehead atoms. The van der Waals surface area contributed by atoms with E-state index in [1.54, 1.807) is 18.2 Å². The molecule has 7 heteroatoms. The van der Waals surface area contributed by atoms with E-state index in [4.69, 9.17) is 0 Å². The Kier molecular flexibility index (Phi) is 5.63. The van der Waals surface area contributed by atoms with Crippen molar-refractivity contribution in [2.24, 2.45) is 0 Å². The topological polar surface area (TPSA) is 81.1 Å². The van der Waals surface area contributed by atoms with Gasteiger partial charge in [0, 0.05) is 19.5 Å². The lowest BCUT2D eigenvalue weighted by molar-refractivity contribution is 0.258. The molecule has 0 spiro atoms. The van der Waals surface area contributed by atoms with Crippen molar-refractivity contribution < 1.29 is 13.2 Å². The van der Waals surface area contributed by atoms with E-state index in [9.17, 15) is 13.2 Å². The lowest BCUT2D eigenvalue weighted by Crippen LogP contribution is -2.31. The summed E-state index contributed by atoms with van der Waals surface area (Å²) in [4.78, 5) is 17.0. The highest BCUT2D eigenvalue weighted by atomic mass is 32.2. The fraction of sp³-hybridized carbons (Fsp3) is 0.130. The molecule has 3 aromatic carbocycles. The number of amides is 1. The van der Waals surface area contributed by atoms with Gasteiger partial charge in [-0.2, -0.15) is 0 Å². The predicted molar refractivity (Wildman–Crippen MR) is 116 cm³/mol. The van der Waals surface area contributed by atoms with Gasteiger partial charge in [0.15, 0.2) is 0 Å². The molecular formula is C23H21N3O3S. The monoisotopic (exact) mass is 419 g/mol. The number of hydrogen-bond acceptors (Lipinski definition) is 4. The summed E-state index contributed by atoms with van der Waals surface area (Å²) >= 11 is 0. The number of carbonyl (C=O) groups is 1. The summed E-state index contributed by atoms with van der Waals surface area (Å²) in [5.74, 6) is 0.789. The fourth-order valence-corrected chi connectivity index (χ4v) is 4.36. The Balaban J connectivity index is 1.51. The van der Waals surface area contributed by atoms with Crippen molar-refractivity contribution in [3.05, 3.63) is 96.3 Å². The van der Waals surface area contributed by atoms with Gasteiger partial charge in [-0.15, -0.1) is 0 Å². The van der Waals surface area contributed by atoms with Crippen LogP contribution in [0.3, 0.4) is 0 Å². The zero-order valence-electron chi connectivity index (χ0n) is 16.2. The highest BCUT2D eigenvalue weighted by molar-refractivity contribution is 8.06. The molecule has 6 nitrogen and oxygen atoms in total. The molecule has 4 rings (SSSR count). The molecule has 1 aromatic heterocycles. The van der Waals surface area contributed by atoms with Gasteiger partial charge in [0.2, 0.25) is 0 Å². The number of sulfone groups is 1. The second kappa shape index (κ2) is 8.51. The van der Waals surface area contributed by atoms with Gasteiger partial charge in [-0.3, -0.25) is 4.79 Å². The van der Waals surface area contributed by atoms with Crippen molar-refractivity contribution in [3.63, 3.8) is 0 Å². The average Bonchev–Trinajstić information content (AvgIpc) is 3.12. The summed E-state index contributed by atoms with van der Waals surface area (Å²) < 4.78 is 26.9. The molecule has 0 atom stereocenters. The van der Waals surface area contributed by atoms with Crippen LogP contribution in [-0.2, 0) is 22.8 Å². The Bertz CT molecular complexity index is 1270. The summed E-state index contributed by atoms with van der Waals surface area (Å²) in [7, 11) is -4.05. The van der Waals surface area contributed by atoms with E-state index >= 15 is 0 Å². The second-order valence-electron chi connectivity index (χ2n) is 6.87. The molecule has 0 unspecified atom stereocenters. The number of para-hydroxylation sites is 2. The van der Waals surface area contributed by atoms with Gasteiger partial charge in [-0.25, -0.2) is 13.4 Å². The molecule has 0 saturated heterocycles. The molecule has 0 aliphatic rings. The summed E-state index contributed by atoms with van der Waals surface area (Å²) in [5.41, 5.74) is 3.00. The summed E-state index contributed by atoms with van der Waals surface area (Å²) in [6.45, 7) is 0.815. The molecule has 0 aliphatic carbocycles. The van der Waals surface area contributed by atoms with Crippen LogP contribution in [0.15, 0.2) is 89.8 Å². The molecule has 0 saturated carbocycles. The van der Waals surface area contributed by atoms with E-state index in [2.05, 4.69) is 14.9 Å². The maximum Gasteiger partial charge on any atom is 0.341 e. The van der Waals surface area contributed by atoms with Crippen molar-refractivity contribution in [3.8, 4) is 0 Å². The molecule has 0 fully saturated rings. The third kappa shape index (κ3) is 4.11. The van der Waals surface area contributed by atoms with E-state index in [0.717, 1.165) is 22.4 Å². The van der Waals surface area contributed by atoms with Crippen molar-refractivity contribution >= 4 is 26.1 Å². The number of imidazole rings is 1. The molecule has 1 heterocycles. The first-order valence-electron chi connectivity index (χ1n) is 9.62. The lowest BCUT2D eigenvalue weighted by atomic mass is 10.2. The Morgan fingerprint density at radius 2 is 1.50 bits per heavy atom. The Hall–Kier alpha value is -3.45. The minimum atomic E-state index is -4.05. The number of nitrogens with one attached hydrogen (secondary N) is 1. The van der Waals surface area contributed by atoms with E-state index in [1.807, 2.05) is 54.6 Å². The molecular weight excluding hydrogens is 398 g/mol.